The number of fused-ring (bicyclic) bond motifs is 7. The summed E-state index contributed by atoms with van der Waals surface area (Å²) in [6.07, 6.45) is 1.92. The van der Waals surface area contributed by atoms with Crippen LogP contribution in [0.15, 0.2) is 150 Å². The van der Waals surface area contributed by atoms with Gasteiger partial charge >= 0.3 is 0 Å². The largest absolute Gasteiger partial charge is 0.509 e. The van der Waals surface area contributed by atoms with E-state index < -0.39 is 0 Å². The van der Waals surface area contributed by atoms with E-state index in [2.05, 4.69) is 225 Å². The fourth-order valence-corrected chi connectivity index (χ4v) is 9.85. The second kappa shape index (κ2) is 17.3. The minimum atomic E-state index is -0.0756. The molecule has 71 heavy (non-hydrogen) atoms. The first-order valence-corrected chi connectivity index (χ1v) is 24.5. The maximum Gasteiger partial charge on any atom is 0.143 e. The quantitative estimate of drug-likeness (QED) is 0.155. The molecule has 0 radical (unpaired) electrons. The van der Waals surface area contributed by atoms with E-state index in [1.165, 1.54) is 22.3 Å². The number of aromatic nitrogens is 2. The molecule has 0 saturated heterocycles. The zero-order valence-electron chi connectivity index (χ0n) is 42.9. The summed E-state index contributed by atoms with van der Waals surface area (Å²) in [6, 6.07) is 57.2. The molecule has 7 aromatic carbocycles. The number of rotatable bonds is 6. The van der Waals surface area contributed by atoms with E-state index in [0.29, 0.717) is 11.5 Å². The Balaban J connectivity index is 0.00000582. The first-order chi connectivity index (χ1) is 33.2. The standard InChI is InChI=1S/C64H61N4O2.Pt/c1-61(2,3)40-26-29-54-53(35-40)48-28-27-47(38-56(48)68(54)58-36-41(30-31-65-58)62(4,5)6)69-46-19-15-18-44(37-46)66-39-67(45-33-42(63(7,8)9)32-43(34-45)64(10,11)12)59-50(21-17-24-55(59)66)52-23-16-22-51-49-20-13-14-25-57(49)70-60(51)52;/h13-36,39H,1-12H3;/q-3;. The van der Waals surface area contributed by atoms with E-state index >= 15 is 0 Å². The molecule has 4 heterocycles. The molecule has 0 aliphatic carbocycles. The number of hydrogen-bond acceptors (Lipinski definition) is 5. The van der Waals surface area contributed by atoms with Crippen LogP contribution in [0.1, 0.15) is 105 Å². The van der Waals surface area contributed by atoms with Crippen molar-refractivity contribution < 1.29 is 30.2 Å². The molecular weight excluding hydrogens is 1050 g/mol. The maximum atomic E-state index is 6.79. The Kier molecular flexibility index (Phi) is 11.7. The monoisotopic (exact) mass is 1110 g/mol. The minimum Gasteiger partial charge on any atom is -0.509 e. The number of hydrogen-bond donors (Lipinski definition) is 0. The Bertz CT molecular complexity index is 3650. The third-order valence-electron chi connectivity index (χ3n) is 14.0. The summed E-state index contributed by atoms with van der Waals surface area (Å²) >= 11 is 0. The van der Waals surface area contributed by atoms with Gasteiger partial charge in [-0.05, 0) is 91.8 Å². The molecular formula is C64H61N4O2Pt-3. The van der Waals surface area contributed by atoms with Crippen molar-refractivity contribution >= 4 is 66.5 Å². The number of anilines is 4. The Hall–Kier alpha value is -6.62. The van der Waals surface area contributed by atoms with Crippen molar-refractivity contribution in [3.63, 3.8) is 0 Å². The van der Waals surface area contributed by atoms with Crippen LogP contribution in [0.25, 0.3) is 60.7 Å². The van der Waals surface area contributed by atoms with E-state index in [4.69, 9.17) is 14.1 Å². The van der Waals surface area contributed by atoms with Gasteiger partial charge in [0.15, 0.2) is 0 Å². The van der Waals surface area contributed by atoms with Crippen LogP contribution in [0.4, 0.5) is 22.7 Å². The van der Waals surface area contributed by atoms with Gasteiger partial charge in [-0.3, -0.25) is 0 Å². The van der Waals surface area contributed by atoms with Gasteiger partial charge in [0.05, 0.1) is 0 Å². The van der Waals surface area contributed by atoms with Crippen LogP contribution in [0, 0.1) is 18.8 Å². The van der Waals surface area contributed by atoms with Gasteiger partial charge in [0.2, 0.25) is 0 Å². The number of furan rings is 1. The molecule has 0 saturated carbocycles. The van der Waals surface area contributed by atoms with Gasteiger partial charge in [0, 0.05) is 83.2 Å². The number of pyridine rings is 1. The van der Waals surface area contributed by atoms with Gasteiger partial charge in [-0.25, -0.2) is 4.98 Å². The first kappa shape index (κ1) is 48.0. The van der Waals surface area contributed by atoms with Crippen molar-refractivity contribution in [2.75, 3.05) is 9.80 Å². The van der Waals surface area contributed by atoms with Crippen LogP contribution in [0.3, 0.4) is 0 Å². The van der Waals surface area contributed by atoms with Gasteiger partial charge in [0.1, 0.15) is 17.0 Å². The molecule has 6 nitrogen and oxygen atoms in total. The number of ether oxygens (including phenoxy) is 1. The molecule has 0 atom stereocenters. The van der Waals surface area contributed by atoms with E-state index in [1.807, 2.05) is 36.5 Å². The summed E-state index contributed by atoms with van der Waals surface area (Å²) in [6.45, 7) is 29.4. The fraction of sp³-hybridized carbons (Fsp3) is 0.250. The van der Waals surface area contributed by atoms with Crippen molar-refractivity contribution in [2.24, 2.45) is 0 Å². The van der Waals surface area contributed by atoms with Crippen molar-refractivity contribution in [1.29, 1.82) is 0 Å². The van der Waals surface area contributed by atoms with Crippen LogP contribution in [0.5, 0.6) is 11.5 Å². The van der Waals surface area contributed by atoms with Crippen molar-refractivity contribution in [2.45, 2.75) is 105 Å². The SMILES string of the molecule is CC(C)(C)c1cc(N2[CH-]N(c3[c-]c(Oc4[c-]c5c(cc4)c4cc(C(C)(C)C)ccc4n5-c4cc(C(C)(C)C)ccn4)ccc3)c3cccc(-c4cccc5c4oc4ccccc45)c32)cc(C(C)(C)C)c1.[Pt]. The third-order valence-corrected chi connectivity index (χ3v) is 14.0. The molecule has 362 valence electrons. The van der Waals surface area contributed by atoms with Crippen LogP contribution in [0.2, 0.25) is 0 Å². The van der Waals surface area contributed by atoms with Crippen LogP contribution in [-0.4, -0.2) is 9.55 Å². The van der Waals surface area contributed by atoms with Crippen molar-refractivity contribution in [1.82, 2.24) is 9.55 Å². The maximum absolute atomic E-state index is 6.79. The summed E-state index contributed by atoms with van der Waals surface area (Å²) in [7, 11) is 0. The molecule has 0 fully saturated rings. The molecule has 11 rings (SSSR count). The smallest absolute Gasteiger partial charge is 0.143 e. The second-order valence-electron chi connectivity index (χ2n) is 23.1. The topological polar surface area (TPSA) is 46.7 Å². The minimum absolute atomic E-state index is 0. The van der Waals surface area contributed by atoms with Crippen molar-refractivity contribution in [3.05, 3.63) is 187 Å². The molecule has 7 heteroatoms. The van der Waals surface area contributed by atoms with Crippen molar-refractivity contribution in [3.8, 4) is 28.4 Å². The predicted octanol–water partition coefficient (Wildman–Crippen LogP) is 17.7. The summed E-state index contributed by atoms with van der Waals surface area (Å²) < 4.78 is 15.7. The molecule has 3 aromatic heterocycles. The summed E-state index contributed by atoms with van der Waals surface area (Å²) in [5.41, 5.74) is 14.7. The zero-order valence-corrected chi connectivity index (χ0v) is 45.1. The molecule has 0 spiro atoms. The molecule has 10 aromatic rings. The van der Waals surface area contributed by atoms with Crippen LogP contribution < -0.4 is 14.5 Å². The molecule has 1 aliphatic rings. The summed E-state index contributed by atoms with van der Waals surface area (Å²) in [5.74, 6) is 2.03. The molecule has 0 N–H and O–H groups in total. The van der Waals surface area contributed by atoms with E-state index in [1.54, 1.807) is 0 Å². The number of para-hydroxylation sites is 3. The van der Waals surface area contributed by atoms with E-state index in [-0.39, 0.29) is 42.7 Å². The summed E-state index contributed by atoms with van der Waals surface area (Å²) in [4.78, 5) is 9.53. The predicted molar refractivity (Wildman–Crippen MR) is 292 cm³/mol. The van der Waals surface area contributed by atoms with Gasteiger partial charge < -0.3 is 23.5 Å². The Morgan fingerprint density at radius 3 is 1.90 bits per heavy atom. The normalized spacial score (nSPS) is 13.4. The van der Waals surface area contributed by atoms with Gasteiger partial charge in [0.25, 0.3) is 0 Å². The van der Waals surface area contributed by atoms with E-state index in [9.17, 15) is 0 Å². The molecule has 0 amide bonds. The van der Waals surface area contributed by atoms with Gasteiger partial charge in [-0.2, -0.15) is 12.1 Å². The Morgan fingerprint density at radius 2 is 1.17 bits per heavy atom. The number of nitrogens with zero attached hydrogens (tertiary/aromatic N) is 4. The molecule has 0 unspecified atom stereocenters. The van der Waals surface area contributed by atoms with Crippen LogP contribution in [-0.2, 0) is 42.7 Å². The average molecular weight is 1110 g/mol. The Morgan fingerprint density at radius 1 is 0.521 bits per heavy atom. The van der Waals surface area contributed by atoms with Crippen LogP contribution >= 0.6 is 0 Å². The third kappa shape index (κ3) is 8.63. The second-order valence-corrected chi connectivity index (χ2v) is 23.1. The molecule has 0 bridgehead atoms. The summed E-state index contributed by atoms with van der Waals surface area (Å²) in [5, 5.41) is 4.46. The van der Waals surface area contributed by atoms with Gasteiger partial charge in [-0.15, -0.1) is 48.1 Å². The molecule has 1 aliphatic heterocycles. The zero-order chi connectivity index (χ0) is 49.1. The average Bonchev–Trinajstić information content (AvgIpc) is 4.00. The van der Waals surface area contributed by atoms with E-state index in [0.717, 1.165) is 83.4 Å². The number of benzene rings is 7. The Labute approximate surface area is 433 Å². The first-order valence-electron chi connectivity index (χ1n) is 24.5. The van der Waals surface area contributed by atoms with Gasteiger partial charge in [-0.1, -0.05) is 155 Å². The fourth-order valence-electron chi connectivity index (χ4n) is 9.85.